The number of aryl methyl sites for hydroxylation is 1. The van der Waals surface area contributed by atoms with E-state index in [1.54, 1.807) is 27.3 Å². The van der Waals surface area contributed by atoms with Gasteiger partial charge >= 0.3 is 5.69 Å². The Kier molecular flexibility index (Phi) is 12.3. The van der Waals surface area contributed by atoms with Crippen LogP contribution in [-0.4, -0.2) is 64.0 Å². The Labute approximate surface area is 308 Å². The van der Waals surface area contributed by atoms with Gasteiger partial charge in [0.2, 0.25) is 0 Å². The van der Waals surface area contributed by atoms with Gasteiger partial charge in [-0.1, -0.05) is 96.1 Å². The fourth-order valence-electron chi connectivity index (χ4n) is 8.03. The molecular weight excluding hydrogens is 675 g/mol. The van der Waals surface area contributed by atoms with Crippen molar-refractivity contribution in [2.24, 2.45) is 0 Å². The molecule has 10 nitrogen and oxygen atoms in total. The number of nitrogens with zero attached hydrogens (tertiary/aromatic N) is 1. The Balaban J connectivity index is 1.67. The third-order valence-corrected chi connectivity index (χ3v) is 16.7. The van der Waals surface area contributed by atoms with Crippen LogP contribution >= 0.6 is 0 Å². The summed E-state index contributed by atoms with van der Waals surface area (Å²) in [6, 6.07) is 26.0. The maximum Gasteiger partial charge on any atom is 0.330 e. The van der Waals surface area contributed by atoms with Gasteiger partial charge in [0.25, 0.3) is 5.56 Å². The smallest absolute Gasteiger partial charge is 0.330 e. The Morgan fingerprint density at radius 1 is 0.808 bits per heavy atom. The van der Waals surface area contributed by atoms with E-state index in [9.17, 15) is 9.59 Å². The lowest BCUT2D eigenvalue weighted by atomic mass is 9.79. The third-order valence-electron chi connectivity index (χ3n) is 10.6. The van der Waals surface area contributed by atoms with Crippen LogP contribution in [0.25, 0.3) is 0 Å². The highest BCUT2D eigenvalue weighted by molar-refractivity contribution is 6.77. The zero-order valence-electron chi connectivity index (χ0n) is 32.0. The van der Waals surface area contributed by atoms with E-state index in [-0.39, 0.29) is 13.2 Å². The van der Waals surface area contributed by atoms with Crippen molar-refractivity contribution in [3.63, 3.8) is 0 Å². The first-order valence-corrected chi connectivity index (χ1v) is 20.3. The molecule has 0 aliphatic carbocycles. The summed E-state index contributed by atoms with van der Waals surface area (Å²) in [6.45, 7) is 16.3. The molecule has 1 saturated heterocycles. The van der Waals surface area contributed by atoms with Gasteiger partial charge in [-0.2, -0.15) is 0 Å². The molecule has 5 rings (SSSR count). The first kappa shape index (κ1) is 39.2. The van der Waals surface area contributed by atoms with Crippen molar-refractivity contribution in [3.05, 3.63) is 128 Å². The van der Waals surface area contributed by atoms with Gasteiger partial charge in [0.1, 0.15) is 22.7 Å². The summed E-state index contributed by atoms with van der Waals surface area (Å²) in [7, 11) is 0.918. The number of ether oxygens (including phenoxy) is 4. The molecule has 280 valence electrons. The lowest BCUT2D eigenvalue weighted by Crippen LogP contribution is -2.61. The van der Waals surface area contributed by atoms with E-state index in [0.29, 0.717) is 35.3 Å². The number of benzene rings is 3. The minimum atomic E-state index is -2.38. The standard InChI is InChI=1S/C41H55N3O7Si/c1-28(2)52(29(3)4,30(5)6)50-27-40(25-42-23-37(51-40)44-24-31(7)38(45)43-39(44)46)26-49-41(32-13-11-10-12-14-32,33-15-19-35(47-8)20-16-33)34-17-21-36(48-9)22-18-34/h10-22,24,28-30,37,42H,23,25-27H2,1-9H3,(H,43,45,46)/t37-,40+/m1/s1. The molecule has 1 fully saturated rings. The number of methoxy groups -OCH3 is 2. The maximum absolute atomic E-state index is 13.2. The topological polar surface area (TPSA) is 113 Å². The van der Waals surface area contributed by atoms with Gasteiger partial charge in [0.05, 0.1) is 27.4 Å². The highest BCUT2D eigenvalue weighted by atomic mass is 28.4. The maximum atomic E-state index is 13.2. The van der Waals surface area contributed by atoms with E-state index in [1.165, 1.54) is 4.57 Å². The van der Waals surface area contributed by atoms with Gasteiger partial charge in [-0.3, -0.25) is 14.3 Å². The molecule has 0 spiro atoms. The van der Waals surface area contributed by atoms with Crippen LogP contribution in [0.5, 0.6) is 11.5 Å². The fraction of sp³-hybridized carbons (Fsp3) is 0.463. The lowest BCUT2D eigenvalue weighted by Gasteiger charge is -2.48. The van der Waals surface area contributed by atoms with Crippen LogP contribution in [0.15, 0.2) is 94.6 Å². The van der Waals surface area contributed by atoms with Crippen molar-refractivity contribution in [2.45, 2.75) is 82.5 Å². The highest BCUT2D eigenvalue weighted by Gasteiger charge is 2.50. The molecule has 1 aliphatic heterocycles. The average molecular weight is 730 g/mol. The third kappa shape index (κ3) is 7.70. The summed E-state index contributed by atoms with van der Waals surface area (Å²) in [5.74, 6) is 1.46. The number of morpholine rings is 1. The Morgan fingerprint density at radius 2 is 1.33 bits per heavy atom. The molecule has 0 saturated carbocycles. The number of hydrogen-bond donors (Lipinski definition) is 2. The molecule has 0 bridgehead atoms. The van der Waals surface area contributed by atoms with Crippen molar-refractivity contribution in [2.75, 3.05) is 40.5 Å². The first-order valence-electron chi connectivity index (χ1n) is 18.1. The predicted octanol–water partition coefficient (Wildman–Crippen LogP) is 6.92. The molecule has 0 amide bonds. The van der Waals surface area contributed by atoms with Crippen LogP contribution in [0.1, 0.15) is 70.0 Å². The number of hydrogen-bond acceptors (Lipinski definition) is 8. The summed E-state index contributed by atoms with van der Waals surface area (Å²) in [5.41, 5.74) is 1.04. The van der Waals surface area contributed by atoms with Crippen molar-refractivity contribution < 1.29 is 23.4 Å². The van der Waals surface area contributed by atoms with Crippen LogP contribution in [0.2, 0.25) is 16.6 Å². The zero-order chi connectivity index (χ0) is 37.7. The molecule has 1 aliphatic rings. The second kappa shape index (κ2) is 16.3. The molecule has 2 heterocycles. The van der Waals surface area contributed by atoms with Crippen molar-refractivity contribution in [1.29, 1.82) is 0 Å². The second-order valence-electron chi connectivity index (χ2n) is 14.8. The van der Waals surface area contributed by atoms with Crippen molar-refractivity contribution in [1.82, 2.24) is 14.9 Å². The Bertz CT molecular complexity index is 1800. The summed E-state index contributed by atoms with van der Waals surface area (Å²) in [5, 5.41) is 3.54. The van der Waals surface area contributed by atoms with E-state index >= 15 is 0 Å². The Morgan fingerprint density at radius 3 is 1.83 bits per heavy atom. The van der Waals surface area contributed by atoms with Crippen LogP contribution in [0.4, 0.5) is 0 Å². The first-order chi connectivity index (χ1) is 24.8. The van der Waals surface area contributed by atoms with Crippen LogP contribution in [0, 0.1) is 6.92 Å². The van der Waals surface area contributed by atoms with Gasteiger partial charge in [-0.25, -0.2) is 4.79 Å². The van der Waals surface area contributed by atoms with E-state index < -0.39 is 37.0 Å². The zero-order valence-corrected chi connectivity index (χ0v) is 33.0. The molecule has 2 N–H and O–H groups in total. The SMILES string of the molecule is COc1ccc(C(OC[C@]2(CO[Si](C(C)C)(C(C)C)C(C)C)CNC[C@H](n3cc(C)c(=O)[nH]c3=O)O2)(c2ccccc2)c2ccc(OC)cc2)cc1. The lowest BCUT2D eigenvalue weighted by molar-refractivity contribution is -0.203. The molecule has 0 radical (unpaired) electrons. The number of rotatable bonds is 15. The molecule has 4 aromatic rings. The molecular formula is C41H55N3O7Si. The minimum absolute atomic E-state index is 0.0965. The normalized spacial score (nSPS) is 18.3. The minimum Gasteiger partial charge on any atom is -0.497 e. The number of aromatic nitrogens is 2. The van der Waals surface area contributed by atoms with Gasteiger partial charge in [0.15, 0.2) is 14.5 Å². The molecule has 2 atom stereocenters. The summed E-state index contributed by atoms with van der Waals surface area (Å²) >= 11 is 0. The molecule has 0 unspecified atom stereocenters. The number of nitrogens with one attached hydrogen (secondary N) is 2. The average Bonchev–Trinajstić information content (AvgIpc) is 3.14. The summed E-state index contributed by atoms with van der Waals surface area (Å²) in [4.78, 5) is 28.0. The van der Waals surface area contributed by atoms with E-state index in [1.807, 2.05) is 66.7 Å². The number of H-pyrrole nitrogens is 1. The number of aromatic amines is 1. The highest BCUT2D eigenvalue weighted by Crippen LogP contribution is 2.45. The molecule has 52 heavy (non-hydrogen) atoms. The van der Waals surface area contributed by atoms with E-state index in [4.69, 9.17) is 23.4 Å². The summed E-state index contributed by atoms with van der Waals surface area (Å²) < 4.78 is 34.3. The van der Waals surface area contributed by atoms with E-state index in [2.05, 4.69) is 64.0 Å². The Hall–Kier alpha value is -4.00. The van der Waals surface area contributed by atoms with Gasteiger partial charge in [0, 0.05) is 24.8 Å². The van der Waals surface area contributed by atoms with Crippen LogP contribution < -0.4 is 26.0 Å². The van der Waals surface area contributed by atoms with Crippen LogP contribution in [0.3, 0.4) is 0 Å². The molecule has 1 aromatic heterocycles. The largest absolute Gasteiger partial charge is 0.497 e. The quantitative estimate of drug-likeness (QED) is 0.100. The molecule has 11 heteroatoms. The monoisotopic (exact) mass is 729 g/mol. The second-order valence-corrected chi connectivity index (χ2v) is 20.2. The fourth-order valence-corrected chi connectivity index (χ4v) is 13.5. The van der Waals surface area contributed by atoms with Crippen LogP contribution in [-0.2, 0) is 19.5 Å². The van der Waals surface area contributed by atoms with Gasteiger partial charge < -0.3 is 28.7 Å². The predicted molar refractivity (Wildman–Crippen MR) is 207 cm³/mol. The van der Waals surface area contributed by atoms with E-state index in [0.717, 1.165) is 28.2 Å². The van der Waals surface area contributed by atoms with Gasteiger partial charge in [-0.05, 0) is 64.5 Å². The molecule has 3 aromatic carbocycles. The van der Waals surface area contributed by atoms with Gasteiger partial charge in [-0.15, -0.1) is 0 Å². The van der Waals surface area contributed by atoms with Crippen molar-refractivity contribution in [3.8, 4) is 11.5 Å². The summed E-state index contributed by atoms with van der Waals surface area (Å²) in [6.07, 6.45) is 0.828. The van der Waals surface area contributed by atoms with Crippen molar-refractivity contribution >= 4 is 8.32 Å².